The second-order valence-corrected chi connectivity index (χ2v) is 6.17. The maximum absolute atomic E-state index is 12.5. The maximum Gasteiger partial charge on any atom is 0.251 e. The molecule has 1 atom stereocenters. The first-order chi connectivity index (χ1) is 10.2. The Kier molecular flexibility index (Phi) is 5.66. The lowest BCUT2D eigenvalue weighted by atomic mass is 9.83. The van der Waals surface area contributed by atoms with Gasteiger partial charge in [0.25, 0.3) is 5.91 Å². The minimum Gasteiger partial charge on any atom is -0.388 e. The van der Waals surface area contributed by atoms with Crippen LogP contribution < -0.4 is 10.6 Å². The smallest absolute Gasteiger partial charge is 0.251 e. The van der Waals surface area contributed by atoms with E-state index in [0.717, 1.165) is 23.2 Å². The van der Waals surface area contributed by atoms with Gasteiger partial charge in [0.15, 0.2) is 0 Å². The summed E-state index contributed by atoms with van der Waals surface area (Å²) >= 11 is 0. The summed E-state index contributed by atoms with van der Waals surface area (Å²) < 4.78 is 0. The summed E-state index contributed by atoms with van der Waals surface area (Å²) in [6.07, 6.45) is 7.52. The molecule has 2 rings (SSSR count). The molecular weight excluding hydrogens is 260 g/mol. The number of benzene rings is 1. The fourth-order valence-electron chi connectivity index (χ4n) is 3.41. The van der Waals surface area contributed by atoms with Gasteiger partial charge in [-0.25, -0.2) is 0 Å². The highest BCUT2D eigenvalue weighted by Crippen LogP contribution is 2.28. The summed E-state index contributed by atoms with van der Waals surface area (Å²) in [7, 11) is 1.89. The van der Waals surface area contributed by atoms with Gasteiger partial charge in [-0.15, -0.1) is 0 Å². The third-order valence-corrected chi connectivity index (χ3v) is 4.73. The Labute approximate surface area is 128 Å². The van der Waals surface area contributed by atoms with Crippen LogP contribution in [0.5, 0.6) is 0 Å². The third-order valence-electron chi connectivity index (χ3n) is 4.73. The van der Waals surface area contributed by atoms with E-state index in [9.17, 15) is 4.79 Å². The van der Waals surface area contributed by atoms with Crippen LogP contribution in [0.2, 0.25) is 0 Å². The molecule has 1 saturated carbocycles. The molecule has 3 nitrogen and oxygen atoms in total. The van der Waals surface area contributed by atoms with Gasteiger partial charge in [-0.2, -0.15) is 0 Å². The molecule has 0 saturated heterocycles. The standard InChI is InChI=1S/C18H28N2O/c1-4-17(14-8-6-5-7-9-14)20-18(21)16-11-10-15(19-3)12-13(16)2/h10-12,14,17,19H,4-9H2,1-3H3,(H,20,21). The van der Waals surface area contributed by atoms with E-state index in [1.807, 2.05) is 32.2 Å². The molecular formula is C18H28N2O. The van der Waals surface area contributed by atoms with E-state index >= 15 is 0 Å². The van der Waals surface area contributed by atoms with Crippen LogP contribution in [-0.2, 0) is 0 Å². The summed E-state index contributed by atoms with van der Waals surface area (Å²) in [6, 6.07) is 6.23. The predicted molar refractivity (Wildman–Crippen MR) is 88.8 cm³/mol. The molecule has 0 aliphatic heterocycles. The average molecular weight is 288 g/mol. The molecule has 2 N–H and O–H groups in total. The topological polar surface area (TPSA) is 41.1 Å². The summed E-state index contributed by atoms with van der Waals surface area (Å²) in [4.78, 5) is 12.5. The van der Waals surface area contributed by atoms with E-state index in [4.69, 9.17) is 0 Å². The molecule has 1 aromatic rings. The van der Waals surface area contributed by atoms with Crippen LogP contribution in [-0.4, -0.2) is 19.0 Å². The van der Waals surface area contributed by atoms with Crippen LogP contribution in [0.3, 0.4) is 0 Å². The number of amides is 1. The summed E-state index contributed by atoms with van der Waals surface area (Å²) in [6.45, 7) is 4.17. The van der Waals surface area contributed by atoms with Gasteiger partial charge in [0.2, 0.25) is 0 Å². The van der Waals surface area contributed by atoms with Crippen LogP contribution in [0.15, 0.2) is 18.2 Å². The first-order valence-corrected chi connectivity index (χ1v) is 8.25. The highest BCUT2D eigenvalue weighted by atomic mass is 16.1. The number of nitrogens with one attached hydrogen (secondary N) is 2. The lowest BCUT2D eigenvalue weighted by molar-refractivity contribution is 0.0910. The molecule has 1 unspecified atom stereocenters. The molecule has 3 heteroatoms. The molecule has 1 aliphatic rings. The van der Waals surface area contributed by atoms with Crippen LogP contribution >= 0.6 is 0 Å². The molecule has 1 amide bonds. The Bertz CT molecular complexity index is 478. The van der Waals surface area contributed by atoms with Gasteiger partial charge in [-0.1, -0.05) is 26.2 Å². The number of carbonyl (C=O) groups excluding carboxylic acids is 1. The van der Waals surface area contributed by atoms with E-state index in [-0.39, 0.29) is 5.91 Å². The molecule has 0 aromatic heterocycles. The van der Waals surface area contributed by atoms with E-state index in [2.05, 4.69) is 17.6 Å². The van der Waals surface area contributed by atoms with Gasteiger partial charge < -0.3 is 10.6 Å². The van der Waals surface area contributed by atoms with Gasteiger partial charge in [-0.3, -0.25) is 4.79 Å². The highest BCUT2D eigenvalue weighted by Gasteiger charge is 2.24. The van der Waals surface area contributed by atoms with Crippen LogP contribution in [0.25, 0.3) is 0 Å². The van der Waals surface area contributed by atoms with Gasteiger partial charge >= 0.3 is 0 Å². The monoisotopic (exact) mass is 288 g/mol. The first kappa shape index (κ1) is 15.9. The van der Waals surface area contributed by atoms with Gasteiger partial charge in [-0.05, 0) is 55.9 Å². The van der Waals surface area contributed by atoms with E-state index in [1.165, 1.54) is 32.1 Å². The molecule has 0 spiro atoms. The van der Waals surface area contributed by atoms with Crippen molar-refractivity contribution < 1.29 is 4.79 Å². The summed E-state index contributed by atoms with van der Waals surface area (Å²) in [5, 5.41) is 6.38. The zero-order chi connectivity index (χ0) is 15.2. The molecule has 0 bridgehead atoms. The predicted octanol–water partition coefficient (Wildman–Crippen LogP) is 4.13. The van der Waals surface area contributed by atoms with E-state index in [0.29, 0.717) is 12.0 Å². The normalized spacial score (nSPS) is 17.3. The molecule has 1 fully saturated rings. The van der Waals surface area contributed by atoms with Crippen LogP contribution in [0, 0.1) is 12.8 Å². The SMILES string of the molecule is CCC(NC(=O)c1ccc(NC)cc1C)C1CCCCC1. The number of carbonyl (C=O) groups is 1. The van der Waals surface area contributed by atoms with Gasteiger partial charge in [0.1, 0.15) is 0 Å². The van der Waals surface area contributed by atoms with Crippen molar-refractivity contribution in [1.29, 1.82) is 0 Å². The first-order valence-electron chi connectivity index (χ1n) is 8.25. The minimum absolute atomic E-state index is 0.0765. The summed E-state index contributed by atoms with van der Waals surface area (Å²) in [5.41, 5.74) is 2.87. The Balaban J connectivity index is 2.05. The van der Waals surface area contributed by atoms with Gasteiger partial charge in [0.05, 0.1) is 0 Å². The van der Waals surface area contributed by atoms with Crippen molar-refractivity contribution in [3.63, 3.8) is 0 Å². The van der Waals surface area contributed by atoms with Crippen molar-refractivity contribution in [2.24, 2.45) is 5.92 Å². The number of hydrogen-bond donors (Lipinski definition) is 2. The number of hydrogen-bond acceptors (Lipinski definition) is 2. The molecule has 1 aliphatic carbocycles. The minimum atomic E-state index is 0.0765. The Morgan fingerprint density at radius 3 is 2.57 bits per heavy atom. The van der Waals surface area contributed by atoms with Crippen molar-refractivity contribution in [1.82, 2.24) is 5.32 Å². The highest BCUT2D eigenvalue weighted by molar-refractivity contribution is 5.96. The lowest BCUT2D eigenvalue weighted by Crippen LogP contribution is -2.40. The third kappa shape index (κ3) is 3.99. The van der Waals surface area contributed by atoms with Crippen LogP contribution in [0.4, 0.5) is 5.69 Å². The zero-order valence-electron chi connectivity index (χ0n) is 13.5. The Morgan fingerprint density at radius 2 is 2.00 bits per heavy atom. The van der Waals surface area contributed by atoms with Crippen molar-refractivity contribution >= 4 is 11.6 Å². The maximum atomic E-state index is 12.5. The number of anilines is 1. The number of rotatable bonds is 5. The molecule has 116 valence electrons. The second-order valence-electron chi connectivity index (χ2n) is 6.17. The molecule has 0 heterocycles. The van der Waals surface area contributed by atoms with E-state index < -0.39 is 0 Å². The zero-order valence-corrected chi connectivity index (χ0v) is 13.5. The second kappa shape index (κ2) is 7.48. The molecule has 21 heavy (non-hydrogen) atoms. The van der Waals surface area contributed by atoms with Crippen LogP contribution in [0.1, 0.15) is 61.4 Å². The fraction of sp³-hybridized carbons (Fsp3) is 0.611. The van der Waals surface area contributed by atoms with Crippen molar-refractivity contribution in [2.45, 2.75) is 58.4 Å². The quantitative estimate of drug-likeness (QED) is 0.855. The van der Waals surface area contributed by atoms with E-state index in [1.54, 1.807) is 0 Å². The Hall–Kier alpha value is -1.51. The van der Waals surface area contributed by atoms with Crippen molar-refractivity contribution in [3.8, 4) is 0 Å². The molecule has 1 aromatic carbocycles. The van der Waals surface area contributed by atoms with Crippen molar-refractivity contribution in [3.05, 3.63) is 29.3 Å². The largest absolute Gasteiger partial charge is 0.388 e. The summed E-state index contributed by atoms with van der Waals surface area (Å²) in [5.74, 6) is 0.733. The molecule has 0 radical (unpaired) electrons. The average Bonchev–Trinajstić information content (AvgIpc) is 2.53. The van der Waals surface area contributed by atoms with Gasteiger partial charge in [0, 0.05) is 24.3 Å². The fourth-order valence-corrected chi connectivity index (χ4v) is 3.41. The number of aryl methyl sites for hydroxylation is 1. The van der Waals surface area contributed by atoms with Crippen molar-refractivity contribution in [2.75, 3.05) is 12.4 Å². The lowest BCUT2D eigenvalue weighted by Gasteiger charge is -2.30. The Morgan fingerprint density at radius 1 is 1.29 bits per heavy atom.